The zero-order valence-electron chi connectivity index (χ0n) is 8.85. The Hall–Kier alpha value is -1.17. The van der Waals surface area contributed by atoms with Crippen LogP contribution in [0.5, 0.6) is 0 Å². The van der Waals surface area contributed by atoms with Gasteiger partial charge in [0.15, 0.2) is 6.04 Å². The Balaban J connectivity index is 2.17. The van der Waals surface area contributed by atoms with E-state index < -0.39 is 12.0 Å². The number of hydrogen-bond acceptors (Lipinski definition) is 5. The fraction of sp³-hybridized carbons (Fsp3) is 0.300. The first-order valence-corrected chi connectivity index (χ1v) is 5.65. The second-order valence-electron chi connectivity index (χ2n) is 3.58. The highest BCUT2D eigenvalue weighted by atomic mass is 35.5. The Labute approximate surface area is 108 Å². The lowest BCUT2D eigenvalue weighted by atomic mass is 10.2. The molecular weight excluding hydrogens is 265 g/mol. The van der Waals surface area contributed by atoms with Gasteiger partial charge in [-0.2, -0.15) is 10.2 Å². The molecule has 7 heteroatoms. The molecule has 1 fully saturated rings. The predicted octanol–water partition coefficient (Wildman–Crippen LogP) is 2.90. The molecule has 1 aromatic rings. The van der Waals surface area contributed by atoms with Crippen LogP contribution < -0.4 is 5.48 Å². The Kier molecular flexibility index (Phi) is 3.61. The Morgan fingerprint density at radius 2 is 2.18 bits per heavy atom. The van der Waals surface area contributed by atoms with Crippen LogP contribution in [0, 0.1) is 0 Å². The summed E-state index contributed by atoms with van der Waals surface area (Å²) in [7, 11) is 0. The minimum Gasteiger partial charge on any atom is -0.368 e. The van der Waals surface area contributed by atoms with Gasteiger partial charge >= 0.3 is 5.97 Å². The number of rotatable bonds is 2. The molecule has 0 amide bonds. The summed E-state index contributed by atoms with van der Waals surface area (Å²) in [5.41, 5.74) is 2.98. The Morgan fingerprint density at radius 1 is 1.41 bits per heavy atom. The number of hydrogen-bond donors (Lipinski definition) is 1. The molecule has 0 aliphatic carbocycles. The molecule has 2 rings (SSSR count). The first-order valence-electron chi connectivity index (χ1n) is 4.90. The number of carbonyl (C=O) groups excluding carboxylic acids is 1. The summed E-state index contributed by atoms with van der Waals surface area (Å²) in [5.74, 6) is -0.452. The zero-order valence-corrected chi connectivity index (χ0v) is 10.4. The molecule has 0 bridgehead atoms. The third-order valence-electron chi connectivity index (χ3n) is 2.26. The van der Waals surface area contributed by atoms with Crippen molar-refractivity contribution in [2.75, 3.05) is 0 Å². The molecule has 17 heavy (non-hydrogen) atoms. The van der Waals surface area contributed by atoms with Crippen molar-refractivity contribution < 1.29 is 9.63 Å². The summed E-state index contributed by atoms with van der Waals surface area (Å²) < 4.78 is 0. The number of azo groups is 1. The lowest BCUT2D eigenvalue weighted by Gasteiger charge is -2.02. The van der Waals surface area contributed by atoms with Gasteiger partial charge in [0.1, 0.15) is 5.69 Å². The van der Waals surface area contributed by atoms with Crippen LogP contribution in [0.4, 0.5) is 5.69 Å². The van der Waals surface area contributed by atoms with E-state index in [-0.39, 0.29) is 6.04 Å². The average Bonchev–Trinajstić information content (AvgIpc) is 2.58. The van der Waals surface area contributed by atoms with E-state index in [0.29, 0.717) is 15.7 Å². The van der Waals surface area contributed by atoms with Gasteiger partial charge in [-0.05, 0) is 25.1 Å². The SMILES string of the molecule is C[C@@H]1NOC(=O)[C@H]1N=Nc1ccc(Cl)cc1Cl. The molecule has 1 aromatic carbocycles. The van der Waals surface area contributed by atoms with E-state index >= 15 is 0 Å². The molecule has 0 saturated carbocycles. The molecule has 1 aliphatic heterocycles. The molecule has 0 radical (unpaired) electrons. The summed E-state index contributed by atoms with van der Waals surface area (Å²) in [6.07, 6.45) is 0. The largest absolute Gasteiger partial charge is 0.368 e. The number of nitrogens with zero attached hydrogens (tertiary/aromatic N) is 2. The number of halogens is 2. The van der Waals surface area contributed by atoms with Crippen molar-refractivity contribution in [3.63, 3.8) is 0 Å². The maximum Gasteiger partial charge on any atom is 0.353 e. The van der Waals surface area contributed by atoms with Gasteiger partial charge < -0.3 is 4.84 Å². The zero-order chi connectivity index (χ0) is 12.4. The minimum absolute atomic E-state index is 0.211. The van der Waals surface area contributed by atoms with Gasteiger partial charge in [-0.1, -0.05) is 23.2 Å². The third kappa shape index (κ3) is 2.74. The molecule has 1 aliphatic rings. The van der Waals surface area contributed by atoms with Crippen LogP contribution in [0.3, 0.4) is 0 Å². The highest BCUT2D eigenvalue weighted by molar-refractivity contribution is 6.36. The molecular formula is C10H9Cl2N3O2. The molecule has 5 nitrogen and oxygen atoms in total. The van der Waals surface area contributed by atoms with Crippen LogP contribution in [-0.4, -0.2) is 18.1 Å². The van der Waals surface area contributed by atoms with Crippen molar-refractivity contribution in [1.82, 2.24) is 5.48 Å². The monoisotopic (exact) mass is 273 g/mol. The normalized spacial score (nSPS) is 24.3. The number of carbonyl (C=O) groups is 1. The molecule has 0 unspecified atom stereocenters. The van der Waals surface area contributed by atoms with Crippen LogP contribution >= 0.6 is 23.2 Å². The minimum atomic E-state index is -0.651. The second-order valence-corrected chi connectivity index (χ2v) is 4.43. The second kappa shape index (κ2) is 5.00. The van der Waals surface area contributed by atoms with E-state index in [9.17, 15) is 4.79 Å². The van der Waals surface area contributed by atoms with Crippen molar-refractivity contribution in [2.45, 2.75) is 19.0 Å². The molecule has 0 spiro atoms. The lowest BCUT2D eigenvalue weighted by Crippen LogP contribution is -2.26. The van der Waals surface area contributed by atoms with Gasteiger partial charge in [0.2, 0.25) is 0 Å². The predicted molar refractivity (Wildman–Crippen MR) is 63.5 cm³/mol. The number of nitrogens with one attached hydrogen (secondary N) is 1. The van der Waals surface area contributed by atoms with Crippen molar-refractivity contribution in [1.29, 1.82) is 0 Å². The average molecular weight is 274 g/mol. The van der Waals surface area contributed by atoms with Gasteiger partial charge in [0, 0.05) is 5.02 Å². The van der Waals surface area contributed by atoms with Crippen LogP contribution in [0.1, 0.15) is 6.92 Å². The molecule has 90 valence electrons. The highest BCUT2D eigenvalue weighted by Gasteiger charge is 2.34. The number of benzene rings is 1. The fourth-order valence-electron chi connectivity index (χ4n) is 1.31. The molecule has 2 atom stereocenters. The maximum atomic E-state index is 11.3. The fourth-order valence-corrected chi connectivity index (χ4v) is 1.76. The van der Waals surface area contributed by atoms with Gasteiger partial charge in [-0.15, -0.1) is 5.48 Å². The van der Waals surface area contributed by atoms with E-state index in [1.54, 1.807) is 25.1 Å². The van der Waals surface area contributed by atoms with E-state index in [0.717, 1.165) is 0 Å². The van der Waals surface area contributed by atoms with Crippen molar-refractivity contribution in [2.24, 2.45) is 10.2 Å². The number of hydroxylamine groups is 1. The van der Waals surface area contributed by atoms with E-state index in [4.69, 9.17) is 23.2 Å². The van der Waals surface area contributed by atoms with Gasteiger partial charge in [-0.3, -0.25) is 0 Å². The molecule has 1 heterocycles. The van der Waals surface area contributed by atoms with Crippen LogP contribution in [-0.2, 0) is 9.63 Å². The lowest BCUT2D eigenvalue weighted by molar-refractivity contribution is -0.143. The Morgan fingerprint density at radius 3 is 2.76 bits per heavy atom. The summed E-state index contributed by atoms with van der Waals surface area (Å²) in [5, 5.41) is 8.73. The van der Waals surface area contributed by atoms with Gasteiger partial charge in [0.25, 0.3) is 0 Å². The van der Waals surface area contributed by atoms with Crippen LogP contribution in [0.2, 0.25) is 10.0 Å². The first-order chi connectivity index (χ1) is 8.08. The standard InChI is InChI=1S/C10H9Cl2N3O2/c1-5-9(10(16)17-15-5)14-13-8-3-2-6(11)4-7(8)12/h2-5,9,15H,1H3/t5-,9-/m0/s1. The summed E-state index contributed by atoms with van der Waals surface area (Å²) in [6.45, 7) is 1.78. The Bertz CT molecular complexity index is 479. The summed E-state index contributed by atoms with van der Waals surface area (Å²) >= 11 is 11.7. The van der Waals surface area contributed by atoms with E-state index in [1.165, 1.54) is 0 Å². The van der Waals surface area contributed by atoms with Gasteiger partial charge in [0.05, 0.1) is 11.1 Å². The van der Waals surface area contributed by atoms with E-state index in [2.05, 4.69) is 20.5 Å². The highest BCUT2D eigenvalue weighted by Crippen LogP contribution is 2.28. The van der Waals surface area contributed by atoms with Crippen molar-refractivity contribution in [3.8, 4) is 0 Å². The van der Waals surface area contributed by atoms with Crippen LogP contribution in [0.15, 0.2) is 28.4 Å². The first kappa shape index (κ1) is 12.3. The maximum absolute atomic E-state index is 11.3. The van der Waals surface area contributed by atoms with E-state index in [1.807, 2.05) is 0 Å². The third-order valence-corrected chi connectivity index (χ3v) is 2.80. The molecule has 1 N–H and O–H groups in total. The van der Waals surface area contributed by atoms with Crippen molar-refractivity contribution >= 4 is 34.9 Å². The topological polar surface area (TPSA) is 63.0 Å². The van der Waals surface area contributed by atoms with Crippen molar-refractivity contribution in [3.05, 3.63) is 28.2 Å². The van der Waals surface area contributed by atoms with Gasteiger partial charge in [-0.25, -0.2) is 4.79 Å². The smallest absolute Gasteiger partial charge is 0.353 e. The molecule has 1 saturated heterocycles. The molecule has 0 aromatic heterocycles. The summed E-state index contributed by atoms with van der Waals surface area (Å²) in [4.78, 5) is 15.9. The van der Waals surface area contributed by atoms with Crippen LogP contribution in [0.25, 0.3) is 0 Å². The quantitative estimate of drug-likeness (QED) is 0.843. The summed E-state index contributed by atoms with van der Waals surface area (Å²) in [6, 6.07) is 3.98.